The Morgan fingerprint density at radius 2 is 1.35 bits per heavy atom. The maximum absolute atomic E-state index is 11.0. The molecule has 3 N–H and O–H groups in total. The summed E-state index contributed by atoms with van der Waals surface area (Å²) in [6, 6.07) is 9.50. The van der Waals surface area contributed by atoms with Gasteiger partial charge in [0.1, 0.15) is 0 Å². The Balaban J connectivity index is 0.000000136. The van der Waals surface area contributed by atoms with Crippen LogP contribution in [0.3, 0.4) is 0 Å². The molecule has 1 saturated heterocycles. The average molecular weight is 625 g/mol. The minimum absolute atomic E-state index is 0.192. The second-order valence-electron chi connectivity index (χ2n) is 15.7. The molecule has 4 aliphatic carbocycles. The fourth-order valence-corrected chi connectivity index (χ4v) is 10.9. The van der Waals surface area contributed by atoms with Crippen LogP contribution in [-0.2, 0) is 33.1 Å². The number of rotatable bonds is 4. The number of hydrogen-bond acceptors (Lipinski definition) is 5. The van der Waals surface area contributed by atoms with E-state index in [1.54, 1.807) is 18.2 Å². The number of aromatic nitrogens is 4. The highest BCUT2D eigenvalue weighted by Gasteiger charge is 2.56. The number of aromatic amines is 2. The molecule has 2 aromatic heterocycles. The number of epoxide rings is 1. The molecule has 6 atom stereocenters. The van der Waals surface area contributed by atoms with Crippen molar-refractivity contribution >= 4 is 21.8 Å². The Kier molecular flexibility index (Phi) is 7.61. The number of benzene rings is 2. The lowest BCUT2D eigenvalue weighted by atomic mass is 9.57. The topological polar surface area (TPSA) is 99.4 Å². The van der Waals surface area contributed by atoms with Crippen LogP contribution in [0.1, 0.15) is 113 Å². The summed E-state index contributed by atoms with van der Waals surface area (Å²) >= 11 is 0. The van der Waals surface area contributed by atoms with E-state index < -0.39 is 5.60 Å². The van der Waals surface area contributed by atoms with Gasteiger partial charge in [-0.2, -0.15) is 10.2 Å². The Hall–Kier alpha value is -2.74. The molecule has 4 aromatic rings. The molecule has 1 aliphatic heterocycles. The van der Waals surface area contributed by atoms with Gasteiger partial charge < -0.3 is 14.6 Å². The van der Waals surface area contributed by atoms with Gasteiger partial charge in [-0.3, -0.25) is 10.2 Å². The van der Waals surface area contributed by atoms with Crippen molar-refractivity contribution in [2.75, 3.05) is 20.3 Å². The molecular weight excluding hydrogens is 572 g/mol. The average Bonchev–Trinajstić information content (AvgIpc) is 3.49. The third kappa shape index (κ3) is 4.95. The first kappa shape index (κ1) is 30.6. The summed E-state index contributed by atoms with van der Waals surface area (Å²) in [6.07, 6.45) is 20.3. The standard InChI is InChI=1S/C20H28N2O2.C19H24N2O/c1-3-20-8-7-19(23,13-24-2)11-16(20)6-4-5-14-10-18-15(9-17(14)20)12-21-22-18;1-2-19-7-6-18(12-22-18)10-15(19)5-3-4-13-9-17-14(8-16(13)19)11-20-21-17/h9-10,12,16,23H,3-8,11,13H2,1-2H3,(H,21,22);8-9,11,15H,2-7,10,12H2,1H3,(H,20,21)/t16-,19+,20+;15-,18+,19+/m00/s1. The van der Waals surface area contributed by atoms with Gasteiger partial charge in [0.05, 0.1) is 47.8 Å². The van der Waals surface area contributed by atoms with E-state index in [1.165, 1.54) is 85.2 Å². The molecule has 3 heterocycles. The molecule has 0 amide bonds. The van der Waals surface area contributed by atoms with Crippen LogP contribution in [0, 0.1) is 11.8 Å². The van der Waals surface area contributed by atoms with Gasteiger partial charge in [-0.15, -0.1) is 0 Å². The molecule has 0 radical (unpaired) electrons. The van der Waals surface area contributed by atoms with Gasteiger partial charge in [-0.05, 0) is 159 Å². The summed E-state index contributed by atoms with van der Waals surface area (Å²) in [7, 11) is 1.69. The van der Waals surface area contributed by atoms with Crippen LogP contribution >= 0.6 is 0 Å². The van der Waals surface area contributed by atoms with Gasteiger partial charge in [0.15, 0.2) is 0 Å². The van der Waals surface area contributed by atoms with Crippen molar-refractivity contribution in [3.63, 3.8) is 0 Å². The number of nitrogens with zero attached hydrogens (tertiary/aromatic N) is 2. The highest BCUT2D eigenvalue weighted by molar-refractivity contribution is 5.81. The van der Waals surface area contributed by atoms with Crippen molar-refractivity contribution < 1.29 is 14.6 Å². The summed E-state index contributed by atoms with van der Waals surface area (Å²) in [5.74, 6) is 1.32. The summed E-state index contributed by atoms with van der Waals surface area (Å²) in [4.78, 5) is 0. The van der Waals surface area contributed by atoms with E-state index in [0.717, 1.165) is 50.1 Å². The second-order valence-corrected chi connectivity index (χ2v) is 15.7. The molecule has 1 spiro atoms. The molecule has 246 valence electrons. The molecule has 3 fully saturated rings. The van der Waals surface area contributed by atoms with Gasteiger partial charge in [-0.1, -0.05) is 13.8 Å². The number of aliphatic hydroxyl groups is 1. The van der Waals surface area contributed by atoms with Gasteiger partial charge in [-0.25, -0.2) is 0 Å². The van der Waals surface area contributed by atoms with Crippen LogP contribution in [-0.4, -0.2) is 57.0 Å². The first-order valence-corrected chi connectivity index (χ1v) is 18.1. The minimum atomic E-state index is -0.650. The van der Waals surface area contributed by atoms with E-state index in [1.807, 2.05) is 12.4 Å². The molecule has 0 bridgehead atoms. The zero-order valence-electron chi connectivity index (χ0n) is 28.1. The summed E-state index contributed by atoms with van der Waals surface area (Å²) in [5, 5.41) is 28.2. The third-order valence-electron chi connectivity index (χ3n) is 13.5. The monoisotopic (exact) mass is 624 g/mol. The van der Waals surface area contributed by atoms with E-state index in [4.69, 9.17) is 9.47 Å². The maximum Gasteiger partial charge on any atom is 0.0919 e. The number of H-pyrrole nitrogens is 2. The highest BCUT2D eigenvalue weighted by atomic mass is 16.6. The Labute approximate surface area is 273 Å². The predicted octanol–water partition coefficient (Wildman–Crippen LogP) is 7.84. The van der Waals surface area contributed by atoms with Crippen LogP contribution in [0.4, 0.5) is 0 Å². The number of aryl methyl sites for hydroxylation is 2. The first-order valence-electron chi connectivity index (χ1n) is 18.1. The van der Waals surface area contributed by atoms with Crippen LogP contribution in [0.2, 0.25) is 0 Å². The molecule has 2 aromatic carbocycles. The zero-order valence-corrected chi connectivity index (χ0v) is 28.1. The first-order chi connectivity index (χ1) is 22.3. The van der Waals surface area contributed by atoms with Gasteiger partial charge in [0.2, 0.25) is 0 Å². The number of ether oxygens (including phenoxy) is 2. The Morgan fingerprint density at radius 1 is 0.804 bits per heavy atom. The van der Waals surface area contributed by atoms with E-state index in [0.29, 0.717) is 17.9 Å². The third-order valence-corrected chi connectivity index (χ3v) is 13.5. The van der Waals surface area contributed by atoms with Crippen molar-refractivity contribution in [1.82, 2.24) is 20.4 Å². The van der Waals surface area contributed by atoms with E-state index in [9.17, 15) is 5.11 Å². The lowest BCUT2D eigenvalue weighted by Gasteiger charge is -2.50. The zero-order chi connectivity index (χ0) is 31.6. The quantitative estimate of drug-likeness (QED) is 0.201. The summed E-state index contributed by atoms with van der Waals surface area (Å²) < 4.78 is 11.2. The fraction of sp³-hybridized carbons (Fsp3) is 0.641. The number of nitrogens with one attached hydrogen (secondary N) is 2. The number of hydrogen-bond donors (Lipinski definition) is 3. The van der Waals surface area contributed by atoms with Crippen molar-refractivity contribution in [3.8, 4) is 0 Å². The molecule has 46 heavy (non-hydrogen) atoms. The highest BCUT2D eigenvalue weighted by Crippen LogP contribution is 2.58. The smallest absolute Gasteiger partial charge is 0.0919 e. The normalized spacial score (nSPS) is 34.9. The van der Waals surface area contributed by atoms with Crippen molar-refractivity contribution in [1.29, 1.82) is 0 Å². The molecule has 0 unspecified atom stereocenters. The molecule has 2 saturated carbocycles. The second kappa shape index (κ2) is 11.5. The SMILES string of the molecule is CC[C@@]12CC[C@](O)(COC)C[C@@H]1CCCc1cc3[nH]ncc3cc12.CC[C@@]12CC[C@]3(CO3)C[C@@H]1CCCc1cc3[nH]ncc3cc12. The van der Waals surface area contributed by atoms with Gasteiger partial charge in [0, 0.05) is 17.9 Å². The van der Waals surface area contributed by atoms with Crippen molar-refractivity contribution in [3.05, 3.63) is 58.9 Å². The van der Waals surface area contributed by atoms with Gasteiger partial charge in [0.25, 0.3) is 0 Å². The predicted molar refractivity (Wildman–Crippen MR) is 182 cm³/mol. The largest absolute Gasteiger partial charge is 0.387 e. The van der Waals surface area contributed by atoms with Crippen molar-refractivity contribution in [2.45, 2.75) is 126 Å². The molecule has 7 nitrogen and oxygen atoms in total. The molecule has 5 aliphatic rings. The van der Waals surface area contributed by atoms with E-state index >= 15 is 0 Å². The fourth-order valence-electron chi connectivity index (χ4n) is 10.9. The minimum Gasteiger partial charge on any atom is -0.387 e. The van der Waals surface area contributed by atoms with Crippen LogP contribution in [0.25, 0.3) is 21.8 Å². The van der Waals surface area contributed by atoms with Crippen LogP contribution < -0.4 is 0 Å². The maximum atomic E-state index is 11.0. The lowest BCUT2D eigenvalue weighted by Crippen LogP contribution is -2.49. The number of fused-ring (bicyclic) bond motifs is 8. The molecule has 9 rings (SSSR count). The van der Waals surface area contributed by atoms with E-state index in [2.05, 4.69) is 58.5 Å². The summed E-state index contributed by atoms with van der Waals surface area (Å²) in [6.45, 7) is 6.18. The Bertz CT molecular complexity index is 1720. The van der Waals surface area contributed by atoms with E-state index in [-0.39, 0.29) is 11.0 Å². The number of methoxy groups -OCH3 is 1. The van der Waals surface area contributed by atoms with Gasteiger partial charge >= 0.3 is 0 Å². The molecular formula is C39H52N4O3. The van der Waals surface area contributed by atoms with Crippen LogP contribution in [0.5, 0.6) is 0 Å². The molecule has 7 heteroatoms. The summed E-state index contributed by atoms with van der Waals surface area (Å²) in [5.41, 5.74) is 8.71. The van der Waals surface area contributed by atoms with Crippen LogP contribution in [0.15, 0.2) is 36.7 Å². The van der Waals surface area contributed by atoms with Crippen molar-refractivity contribution in [2.24, 2.45) is 11.8 Å². The lowest BCUT2D eigenvalue weighted by molar-refractivity contribution is -0.0903. The Morgan fingerprint density at radius 3 is 1.87 bits per heavy atom.